The first-order valence-corrected chi connectivity index (χ1v) is 19.3. The highest BCUT2D eigenvalue weighted by atomic mass is 32.1. The van der Waals surface area contributed by atoms with Gasteiger partial charge in [-0.1, -0.05) is 146 Å². The fourth-order valence-corrected chi connectivity index (χ4v) is 10.1. The Bertz CT molecular complexity index is 3450. The molecule has 2 aromatic heterocycles. The molecule has 10 aromatic carbocycles. The number of hydrogen-bond donors (Lipinski definition) is 0. The zero-order chi connectivity index (χ0) is 35.3. The lowest BCUT2D eigenvalue weighted by atomic mass is 9.84. The van der Waals surface area contributed by atoms with Crippen molar-refractivity contribution in [2.24, 2.45) is 0 Å². The van der Waals surface area contributed by atoms with Crippen LogP contribution in [0.4, 0.5) is 0 Å². The molecule has 2 heterocycles. The molecule has 0 amide bonds. The average Bonchev–Trinajstić information content (AvgIpc) is 3.78. The zero-order valence-electron chi connectivity index (χ0n) is 29.1. The van der Waals surface area contributed by atoms with Gasteiger partial charge in [-0.3, -0.25) is 0 Å². The number of fused-ring (bicyclic) bond motifs is 10. The van der Waals surface area contributed by atoms with Crippen LogP contribution in [0.1, 0.15) is 0 Å². The smallest absolute Gasteiger partial charge is 0.136 e. The zero-order valence-corrected chi connectivity index (χ0v) is 30.0. The molecule has 0 fully saturated rings. The molecule has 1 nitrogen and oxygen atoms in total. The molecule has 250 valence electrons. The maximum atomic E-state index is 6.43. The Morgan fingerprint density at radius 3 is 1.50 bits per heavy atom. The molecule has 0 bridgehead atoms. The number of furan rings is 1. The van der Waals surface area contributed by atoms with Gasteiger partial charge < -0.3 is 4.42 Å². The van der Waals surface area contributed by atoms with Crippen molar-refractivity contribution in [1.82, 2.24) is 0 Å². The third kappa shape index (κ3) is 4.38. The minimum atomic E-state index is 0.921. The summed E-state index contributed by atoms with van der Waals surface area (Å²) in [5.74, 6) is 0. The lowest BCUT2D eigenvalue weighted by molar-refractivity contribution is 0.669. The van der Waals surface area contributed by atoms with E-state index in [4.69, 9.17) is 4.42 Å². The van der Waals surface area contributed by atoms with Crippen LogP contribution >= 0.6 is 11.3 Å². The molecule has 0 saturated heterocycles. The van der Waals surface area contributed by atoms with Gasteiger partial charge in [0.2, 0.25) is 0 Å². The van der Waals surface area contributed by atoms with Crippen LogP contribution < -0.4 is 0 Å². The van der Waals surface area contributed by atoms with Crippen molar-refractivity contribution in [3.05, 3.63) is 182 Å². The first-order chi connectivity index (χ1) is 26.7. The second kappa shape index (κ2) is 11.4. The molecule has 0 aliphatic heterocycles. The van der Waals surface area contributed by atoms with Gasteiger partial charge in [-0.25, -0.2) is 0 Å². The van der Waals surface area contributed by atoms with Gasteiger partial charge in [0.25, 0.3) is 0 Å². The third-order valence-corrected chi connectivity index (χ3v) is 12.5. The lowest BCUT2D eigenvalue weighted by Gasteiger charge is -2.18. The average molecular weight is 703 g/mol. The highest BCUT2D eigenvalue weighted by Gasteiger charge is 2.19. The molecular weight excluding hydrogens is 673 g/mol. The summed E-state index contributed by atoms with van der Waals surface area (Å²) in [5.41, 5.74) is 9.32. The standard InChI is InChI=1S/C52H30OS/c1-2-12-33-27-48-46(26-32(33)11-1)38-23-20-34(28-47(38)53-48)35-21-24-39-40-25-22-36(30-50(40)54-49(39)29-35)51-42-15-5-7-17-44(42)52(45-18-8-6-16-43(45)51)41-19-9-13-31-10-3-4-14-37(31)41/h1-30H. The predicted octanol–water partition coefficient (Wildman–Crippen LogP) is 15.6. The van der Waals surface area contributed by atoms with Crippen molar-refractivity contribution >= 4 is 96.5 Å². The van der Waals surface area contributed by atoms with Crippen LogP contribution in [0.5, 0.6) is 0 Å². The normalized spacial score (nSPS) is 12.1. The molecule has 0 aliphatic rings. The molecule has 54 heavy (non-hydrogen) atoms. The van der Waals surface area contributed by atoms with Gasteiger partial charge in [0.05, 0.1) is 0 Å². The number of thiophene rings is 1. The van der Waals surface area contributed by atoms with Crippen LogP contribution in [0, 0.1) is 0 Å². The Labute approximate surface area is 314 Å². The molecule has 2 heteroatoms. The number of rotatable bonds is 3. The molecule has 0 atom stereocenters. The highest BCUT2D eigenvalue weighted by molar-refractivity contribution is 7.25. The summed E-state index contributed by atoms with van der Waals surface area (Å²) in [5, 5.41) is 15.0. The summed E-state index contributed by atoms with van der Waals surface area (Å²) in [6.07, 6.45) is 0. The summed E-state index contributed by atoms with van der Waals surface area (Å²) >= 11 is 1.88. The maximum Gasteiger partial charge on any atom is 0.136 e. The van der Waals surface area contributed by atoms with Gasteiger partial charge in [0, 0.05) is 30.9 Å². The van der Waals surface area contributed by atoms with E-state index in [2.05, 4.69) is 182 Å². The Hall–Kier alpha value is -6.74. The maximum absolute atomic E-state index is 6.43. The van der Waals surface area contributed by atoms with Crippen LogP contribution in [0.15, 0.2) is 186 Å². The molecule has 0 unspecified atom stereocenters. The largest absolute Gasteiger partial charge is 0.456 e. The molecule has 0 spiro atoms. The van der Waals surface area contributed by atoms with Crippen LogP contribution in [0.3, 0.4) is 0 Å². The Kier molecular flexibility index (Phi) is 6.28. The van der Waals surface area contributed by atoms with Gasteiger partial charge in [-0.15, -0.1) is 11.3 Å². The Morgan fingerprint density at radius 2 is 0.796 bits per heavy atom. The van der Waals surface area contributed by atoms with E-state index in [0.717, 1.165) is 27.5 Å². The van der Waals surface area contributed by atoms with E-state index >= 15 is 0 Å². The van der Waals surface area contributed by atoms with Gasteiger partial charge in [-0.2, -0.15) is 0 Å². The molecule has 12 aromatic rings. The van der Waals surface area contributed by atoms with E-state index in [1.54, 1.807) is 0 Å². The van der Waals surface area contributed by atoms with E-state index in [-0.39, 0.29) is 0 Å². The van der Waals surface area contributed by atoms with Gasteiger partial charge >= 0.3 is 0 Å². The van der Waals surface area contributed by atoms with E-state index in [1.165, 1.54) is 91.1 Å². The Balaban J connectivity index is 1.01. The minimum Gasteiger partial charge on any atom is -0.456 e. The fourth-order valence-electron chi connectivity index (χ4n) is 8.93. The summed E-state index contributed by atoms with van der Waals surface area (Å²) in [4.78, 5) is 0. The SMILES string of the molecule is c1ccc2cc3c(cc2c1)oc1cc(-c2ccc4c(c2)sc2cc(-c5c6ccccc6c(-c6cccc7ccccc67)c6ccccc56)ccc24)ccc13. The van der Waals surface area contributed by atoms with Crippen LogP contribution in [0.2, 0.25) is 0 Å². The fraction of sp³-hybridized carbons (Fsp3) is 0. The van der Waals surface area contributed by atoms with Crippen LogP contribution in [0.25, 0.3) is 119 Å². The molecule has 0 aliphatic carbocycles. The first-order valence-electron chi connectivity index (χ1n) is 18.5. The van der Waals surface area contributed by atoms with Crippen molar-refractivity contribution in [1.29, 1.82) is 0 Å². The van der Waals surface area contributed by atoms with E-state index < -0.39 is 0 Å². The monoisotopic (exact) mass is 702 g/mol. The lowest BCUT2D eigenvalue weighted by Crippen LogP contribution is -1.91. The summed E-state index contributed by atoms with van der Waals surface area (Å²) < 4.78 is 9.01. The number of benzene rings is 10. The summed E-state index contributed by atoms with van der Waals surface area (Å²) in [6.45, 7) is 0. The highest BCUT2D eigenvalue weighted by Crippen LogP contribution is 2.47. The predicted molar refractivity (Wildman–Crippen MR) is 233 cm³/mol. The van der Waals surface area contributed by atoms with E-state index in [0.29, 0.717) is 0 Å². The Morgan fingerprint density at radius 1 is 0.296 bits per heavy atom. The van der Waals surface area contributed by atoms with Crippen molar-refractivity contribution < 1.29 is 4.42 Å². The van der Waals surface area contributed by atoms with Crippen molar-refractivity contribution in [3.63, 3.8) is 0 Å². The van der Waals surface area contributed by atoms with Gasteiger partial charge in [0.1, 0.15) is 11.2 Å². The topological polar surface area (TPSA) is 13.1 Å². The molecule has 0 N–H and O–H groups in total. The van der Waals surface area contributed by atoms with E-state index in [9.17, 15) is 0 Å². The van der Waals surface area contributed by atoms with Crippen molar-refractivity contribution in [2.45, 2.75) is 0 Å². The summed E-state index contributed by atoms with van der Waals surface area (Å²) in [6, 6.07) is 66.8. The second-order valence-corrected chi connectivity index (χ2v) is 15.5. The number of hydrogen-bond acceptors (Lipinski definition) is 2. The van der Waals surface area contributed by atoms with Crippen LogP contribution in [-0.4, -0.2) is 0 Å². The molecule has 0 saturated carbocycles. The summed E-state index contributed by atoms with van der Waals surface area (Å²) in [7, 11) is 0. The van der Waals surface area contributed by atoms with Gasteiger partial charge in [0.15, 0.2) is 0 Å². The quantitative estimate of drug-likeness (QED) is 0.167. The second-order valence-electron chi connectivity index (χ2n) is 14.4. The van der Waals surface area contributed by atoms with E-state index in [1.807, 2.05) is 11.3 Å². The van der Waals surface area contributed by atoms with Crippen LogP contribution in [-0.2, 0) is 0 Å². The van der Waals surface area contributed by atoms with Crippen molar-refractivity contribution in [3.8, 4) is 33.4 Å². The molecule has 12 rings (SSSR count). The minimum absolute atomic E-state index is 0.921. The van der Waals surface area contributed by atoms with Crippen molar-refractivity contribution in [2.75, 3.05) is 0 Å². The third-order valence-electron chi connectivity index (χ3n) is 11.4. The molecule has 0 radical (unpaired) electrons. The van der Waals surface area contributed by atoms with Gasteiger partial charge in [-0.05, 0) is 113 Å². The first kappa shape index (κ1) is 29.8. The molecular formula is C52H30OS.